The number of rotatable bonds is 13. The predicted octanol–water partition coefficient (Wildman–Crippen LogP) is 8.50. The molecule has 1 aliphatic heterocycles. The Kier molecular flexibility index (Phi) is 15.4. The SMILES string of the molecule is CCC(C)C(O)COc1ccc(-c2ccc(O)cc2)cc1.CCOC(C)CC.Oc1ccc(-c2ccc(OCC3CO3)cc2)cc1. The fourth-order valence-corrected chi connectivity index (χ4v) is 4.17. The van der Waals surface area contributed by atoms with Gasteiger partial charge in [-0.25, -0.2) is 0 Å². The molecule has 4 atom stereocenters. The second kappa shape index (κ2) is 19.5. The molecule has 3 N–H and O–H groups in total. The monoisotopic (exact) mass is 630 g/mol. The van der Waals surface area contributed by atoms with Gasteiger partial charge in [0.25, 0.3) is 0 Å². The molecular formula is C39H50O7. The molecule has 1 aliphatic rings. The lowest BCUT2D eigenvalue weighted by Gasteiger charge is -2.17. The third-order valence-corrected chi connectivity index (χ3v) is 7.70. The van der Waals surface area contributed by atoms with Gasteiger partial charge in [-0.2, -0.15) is 0 Å². The van der Waals surface area contributed by atoms with Gasteiger partial charge in [0.05, 0.1) is 18.8 Å². The highest BCUT2D eigenvalue weighted by Crippen LogP contribution is 2.26. The molecule has 0 radical (unpaired) electrons. The lowest BCUT2D eigenvalue weighted by molar-refractivity contribution is 0.0622. The number of hydrogen-bond acceptors (Lipinski definition) is 7. The van der Waals surface area contributed by atoms with Crippen molar-refractivity contribution in [3.05, 3.63) is 97.1 Å². The second-order valence-corrected chi connectivity index (χ2v) is 11.3. The molecule has 0 aliphatic carbocycles. The zero-order valence-electron chi connectivity index (χ0n) is 27.8. The van der Waals surface area contributed by atoms with Crippen LogP contribution in [0.5, 0.6) is 23.0 Å². The van der Waals surface area contributed by atoms with Crippen LogP contribution in [0.1, 0.15) is 47.5 Å². The van der Waals surface area contributed by atoms with Crippen LogP contribution >= 0.6 is 0 Å². The molecule has 0 spiro atoms. The number of aliphatic hydroxyl groups is 1. The Morgan fingerprint density at radius 3 is 1.41 bits per heavy atom. The smallest absolute Gasteiger partial charge is 0.119 e. The Labute approximate surface area is 274 Å². The van der Waals surface area contributed by atoms with E-state index in [0.29, 0.717) is 19.3 Å². The molecule has 7 nitrogen and oxygen atoms in total. The normalized spacial score (nSPS) is 15.2. The molecule has 0 bridgehead atoms. The number of aromatic hydroxyl groups is 2. The van der Waals surface area contributed by atoms with Gasteiger partial charge in [-0.1, -0.05) is 75.7 Å². The van der Waals surface area contributed by atoms with Crippen LogP contribution in [0.25, 0.3) is 22.3 Å². The van der Waals surface area contributed by atoms with Crippen LogP contribution in [-0.4, -0.2) is 60.1 Å². The number of hydrogen-bond donors (Lipinski definition) is 3. The molecule has 0 aromatic heterocycles. The molecule has 46 heavy (non-hydrogen) atoms. The summed E-state index contributed by atoms with van der Waals surface area (Å²) in [4.78, 5) is 0. The summed E-state index contributed by atoms with van der Waals surface area (Å²) >= 11 is 0. The van der Waals surface area contributed by atoms with E-state index < -0.39 is 6.10 Å². The van der Waals surface area contributed by atoms with Crippen LogP contribution in [-0.2, 0) is 9.47 Å². The van der Waals surface area contributed by atoms with Crippen LogP contribution in [0, 0.1) is 5.92 Å². The molecule has 0 saturated carbocycles. The van der Waals surface area contributed by atoms with Crippen LogP contribution in [0.4, 0.5) is 0 Å². The molecular weight excluding hydrogens is 580 g/mol. The van der Waals surface area contributed by atoms with Crippen molar-refractivity contribution in [2.45, 2.75) is 65.8 Å². The minimum Gasteiger partial charge on any atom is -0.508 e. The maximum absolute atomic E-state index is 9.89. The third kappa shape index (κ3) is 13.1. The summed E-state index contributed by atoms with van der Waals surface area (Å²) in [5.41, 5.74) is 4.28. The van der Waals surface area contributed by atoms with Gasteiger partial charge in [0.15, 0.2) is 0 Å². The first-order valence-electron chi connectivity index (χ1n) is 16.2. The summed E-state index contributed by atoms with van der Waals surface area (Å²) in [6, 6.07) is 29.9. The fraction of sp³-hybridized carbons (Fsp3) is 0.385. The average Bonchev–Trinajstić information content (AvgIpc) is 3.92. The summed E-state index contributed by atoms with van der Waals surface area (Å²) in [7, 11) is 0. The highest BCUT2D eigenvalue weighted by atomic mass is 16.6. The van der Waals surface area contributed by atoms with E-state index in [2.05, 4.69) is 20.8 Å². The van der Waals surface area contributed by atoms with Crippen molar-refractivity contribution in [2.75, 3.05) is 26.4 Å². The fourth-order valence-electron chi connectivity index (χ4n) is 4.17. The molecule has 1 heterocycles. The molecule has 1 saturated heterocycles. The number of ether oxygens (including phenoxy) is 4. The second-order valence-electron chi connectivity index (χ2n) is 11.3. The van der Waals surface area contributed by atoms with Gasteiger partial charge in [-0.3, -0.25) is 0 Å². The van der Waals surface area contributed by atoms with E-state index in [0.717, 1.165) is 59.8 Å². The first-order chi connectivity index (χ1) is 22.2. The van der Waals surface area contributed by atoms with E-state index in [-0.39, 0.29) is 23.5 Å². The van der Waals surface area contributed by atoms with Gasteiger partial charge >= 0.3 is 0 Å². The lowest BCUT2D eigenvalue weighted by atomic mass is 10.0. The first kappa shape index (κ1) is 36.4. The molecule has 0 amide bonds. The van der Waals surface area contributed by atoms with Gasteiger partial charge in [0.1, 0.15) is 42.3 Å². The number of phenolic OH excluding ortho intramolecular Hbond substituents is 2. The summed E-state index contributed by atoms with van der Waals surface area (Å²) in [6.07, 6.45) is 2.34. The molecule has 4 aromatic rings. The van der Waals surface area contributed by atoms with Crippen molar-refractivity contribution < 1.29 is 34.3 Å². The van der Waals surface area contributed by atoms with Crippen LogP contribution < -0.4 is 9.47 Å². The van der Waals surface area contributed by atoms with Crippen LogP contribution in [0.3, 0.4) is 0 Å². The van der Waals surface area contributed by atoms with Crippen molar-refractivity contribution >= 4 is 0 Å². The van der Waals surface area contributed by atoms with Gasteiger partial charge in [0.2, 0.25) is 0 Å². The third-order valence-electron chi connectivity index (χ3n) is 7.70. The Morgan fingerprint density at radius 1 is 0.652 bits per heavy atom. The zero-order valence-corrected chi connectivity index (χ0v) is 27.8. The zero-order chi connectivity index (χ0) is 33.3. The molecule has 4 aromatic carbocycles. The van der Waals surface area contributed by atoms with E-state index >= 15 is 0 Å². The Bertz CT molecular complexity index is 1370. The van der Waals surface area contributed by atoms with Crippen LogP contribution in [0.2, 0.25) is 0 Å². The first-order valence-corrected chi connectivity index (χ1v) is 16.2. The largest absolute Gasteiger partial charge is 0.508 e. The van der Waals surface area contributed by atoms with Gasteiger partial charge in [0, 0.05) is 6.61 Å². The number of epoxide rings is 1. The minimum absolute atomic E-state index is 0.237. The lowest BCUT2D eigenvalue weighted by Crippen LogP contribution is -2.24. The highest BCUT2D eigenvalue weighted by Gasteiger charge is 2.23. The molecule has 5 rings (SSSR count). The van der Waals surface area contributed by atoms with Crippen LogP contribution in [0.15, 0.2) is 97.1 Å². The summed E-state index contributed by atoms with van der Waals surface area (Å²) < 4.78 is 21.5. The maximum atomic E-state index is 9.89. The van der Waals surface area contributed by atoms with E-state index in [1.807, 2.05) is 86.6 Å². The average molecular weight is 631 g/mol. The minimum atomic E-state index is -0.438. The van der Waals surface area contributed by atoms with E-state index in [4.69, 9.17) is 18.9 Å². The van der Waals surface area contributed by atoms with Crippen molar-refractivity contribution in [2.24, 2.45) is 5.92 Å². The van der Waals surface area contributed by atoms with Crippen molar-refractivity contribution in [1.29, 1.82) is 0 Å². The Balaban J connectivity index is 0.000000210. The molecule has 248 valence electrons. The Hall–Kier alpha value is -4.04. The summed E-state index contributed by atoms with van der Waals surface area (Å²) in [5, 5.41) is 28.4. The van der Waals surface area contributed by atoms with E-state index in [1.165, 1.54) is 0 Å². The van der Waals surface area contributed by atoms with E-state index in [9.17, 15) is 15.3 Å². The number of benzene rings is 4. The Morgan fingerprint density at radius 2 is 1.07 bits per heavy atom. The van der Waals surface area contributed by atoms with Crippen molar-refractivity contribution in [1.82, 2.24) is 0 Å². The van der Waals surface area contributed by atoms with Gasteiger partial charge in [-0.15, -0.1) is 0 Å². The standard InChI is InChI=1S/C18H22O3.C15H14O3.C6H14O/c1-3-13(2)18(20)12-21-17-10-6-15(7-11-17)14-4-8-16(19)9-5-14;16-13-5-1-11(2-6-13)12-3-7-14(8-4-12)17-9-15-10-18-15;1-4-6(3)7-5-2/h4-11,13,18-20H,3,12H2,1-2H3;1-8,15-16H,9-10H2;6H,4-5H2,1-3H3. The summed E-state index contributed by atoms with van der Waals surface area (Å²) in [5.74, 6) is 2.38. The van der Waals surface area contributed by atoms with Gasteiger partial charge in [-0.05, 0) is 97.0 Å². The number of phenols is 2. The quantitative estimate of drug-likeness (QED) is 0.127. The van der Waals surface area contributed by atoms with Crippen molar-refractivity contribution in [3.8, 4) is 45.3 Å². The molecule has 4 unspecified atom stereocenters. The summed E-state index contributed by atoms with van der Waals surface area (Å²) in [6.45, 7) is 12.9. The number of aliphatic hydroxyl groups excluding tert-OH is 1. The van der Waals surface area contributed by atoms with E-state index in [1.54, 1.807) is 24.3 Å². The topological polar surface area (TPSA) is 101 Å². The van der Waals surface area contributed by atoms with Gasteiger partial charge < -0.3 is 34.3 Å². The predicted molar refractivity (Wildman–Crippen MR) is 185 cm³/mol. The molecule has 1 fully saturated rings. The molecule has 7 heteroatoms. The highest BCUT2D eigenvalue weighted by molar-refractivity contribution is 5.65. The maximum Gasteiger partial charge on any atom is 0.119 e. The van der Waals surface area contributed by atoms with Crippen molar-refractivity contribution in [3.63, 3.8) is 0 Å².